The van der Waals surface area contributed by atoms with Gasteiger partial charge in [0.05, 0.1) is 0 Å². The predicted molar refractivity (Wildman–Crippen MR) is 48.1 cm³/mol. The highest BCUT2D eigenvalue weighted by atomic mass is 32.1. The van der Waals surface area contributed by atoms with E-state index in [0.29, 0.717) is 6.42 Å². The van der Waals surface area contributed by atoms with E-state index in [9.17, 15) is 4.79 Å². The molecule has 11 heavy (non-hydrogen) atoms. The number of carbonyl (C=O) groups is 1. The number of unbranched alkanes of at least 4 members (excludes halogenated alkanes) is 1. The maximum absolute atomic E-state index is 10.0. The quantitative estimate of drug-likeness (QED) is 0.499. The summed E-state index contributed by atoms with van der Waals surface area (Å²) in [5.74, 6) is 0. The summed E-state index contributed by atoms with van der Waals surface area (Å²) in [5.41, 5.74) is 0. The lowest BCUT2D eigenvalue weighted by Crippen LogP contribution is -1.80. The summed E-state index contributed by atoms with van der Waals surface area (Å²) in [4.78, 5) is 12.7. The van der Waals surface area contributed by atoms with E-state index < -0.39 is 0 Å². The van der Waals surface area contributed by atoms with E-state index in [1.165, 1.54) is 9.75 Å². The Morgan fingerprint density at radius 3 is 2.91 bits per heavy atom. The van der Waals surface area contributed by atoms with Crippen molar-refractivity contribution in [2.75, 3.05) is 0 Å². The second kappa shape index (κ2) is 4.29. The molecule has 0 amide bonds. The first-order valence-corrected chi connectivity index (χ1v) is 4.63. The molecule has 0 saturated carbocycles. The van der Waals surface area contributed by atoms with Gasteiger partial charge in [-0.3, -0.25) is 0 Å². The maximum Gasteiger partial charge on any atom is 0.120 e. The van der Waals surface area contributed by atoms with Crippen LogP contribution in [0.15, 0.2) is 12.1 Å². The van der Waals surface area contributed by atoms with E-state index in [0.717, 1.165) is 19.1 Å². The molecule has 0 aliphatic rings. The molecule has 0 spiro atoms. The average molecular weight is 168 g/mol. The predicted octanol–water partition coefficient (Wildman–Crippen LogP) is 2.58. The van der Waals surface area contributed by atoms with Crippen molar-refractivity contribution in [3.63, 3.8) is 0 Å². The molecular weight excluding hydrogens is 156 g/mol. The zero-order valence-corrected chi connectivity index (χ0v) is 7.49. The summed E-state index contributed by atoms with van der Waals surface area (Å²) in [6.07, 6.45) is 3.72. The summed E-state index contributed by atoms with van der Waals surface area (Å²) in [5, 5.41) is 0. The van der Waals surface area contributed by atoms with Crippen molar-refractivity contribution < 1.29 is 4.79 Å². The van der Waals surface area contributed by atoms with Gasteiger partial charge >= 0.3 is 0 Å². The van der Waals surface area contributed by atoms with Crippen LogP contribution in [0.2, 0.25) is 0 Å². The van der Waals surface area contributed by atoms with Crippen molar-refractivity contribution in [1.29, 1.82) is 0 Å². The molecule has 1 heterocycles. The van der Waals surface area contributed by atoms with E-state index in [1.807, 2.05) is 11.3 Å². The van der Waals surface area contributed by atoms with Gasteiger partial charge in [-0.15, -0.1) is 11.3 Å². The number of rotatable bonds is 4. The van der Waals surface area contributed by atoms with Crippen molar-refractivity contribution in [2.24, 2.45) is 0 Å². The number of hydrogen-bond donors (Lipinski definition) is 0. The van der Waals surface area contributed by atoms with Gasteiger partial charge in [0.15, 0.2) is 0 Å². The first kappa shape index (κ1) is 8.47. The molecule has 1 aromatic heterocycles. The second-order valence-electron chi connectivity index (χ2n) is 2.57. The van der Waals surface area contributed by atoms with Crippen molar-refractivity contribution >= 4 is 17.6 Å². The van der Waals surface area contributed by atoms with Crippen molar-refractivity contribution in [3.05, 3.63) is 21.9 Å². The van der Waals surface area contributed by atoms with Crippen LogP contribution in [-0.2, 0) is 11.2 Å². The summed E-state index contributed by atoms with van der Waals surface area (Å²) in [6.45, 7) is 2.11. The minimum atomic E-state index is 0.691. The van der Waals surface area contributed by atoms with E-state index >= 15 is 0 Å². The minimum Gasteiger partial charge on any atom is -0.303 e. The van der Waals surface area contributed by atoms with Crippen LogP contribution in [0.25, 0.3) is 0 Å². The Bertz CT molecular complexity index is 227. The fourth-order valence-electron chi connectivity index (χ4n) is 0.979. The minimum absolute atomic E-state index is 0.691. The molecule has 0 aliphatic carbocycles. The van der Waals surface area contributed by atoms with Crippen molar-refractivity contribution in [3.8, 4) is 0 Å². The highest BCUT2D eigenvalue weighted by Gasteiger charge is 1.95. The summed E-state index contributed by atoms with van der Waals surface area (Å²) in [7, 11) is 0. The molecule has 2 heteroatoms. The third-order valence-corrected chi connectivity index (χ3v) is 2.60. The van der Waals surface area contributed by atoms with Crippen molar-refractivity contribution in [1.82, 2.24) is 0 Å². The summed E-state index contributed by atoms with van der Waals surface area (Å²) in [6, 6.07) is 4.27. The second-order valence-corrected chi connectivity index (χ2v) is 3.94. The highest BCUT2D eigenvalue weighted by molar-refractivity contribution is 7.11. The lowest BCUT2D eigenvalue weighted by molar-refractivity contribution is -0.107. The van der Waals surface area contributed by atoms with Gasteiger partial charge in [0.25, 0.3) is 0 Å². The fraction of sp³-hybridized carbons (Fsp3) is 0.444. The van der Waals surface area contributed by atoms with Crippen LogP contribution in [0.5, 0.6) is 0 Å². The monoisotopic (exact) mass is 168 g/mol. The average Bonchev–Trinajstić information content (AvgIpc) is 2.37. The molecule has 0 saturated heterocycles. The van der Waals surface area contributed by atoms with Crippen LogP contribution in [0.1, 0.15) is 22.6 Å². The lowest BCUT2D eigenvalue weighted by Gasteiger charge is -1.90. The van der Waals surface area contributed by atoms with Crippen LogP contribution in [-0.4, -0.2) is 6.29 Å². The summed E-state index contributed by atoms with van der Waals surface area (Å²) < 4.78 is 0. The SMILES string of the molecule is Cc1ccc(CCCC=O)s1. The molecule has 0 aromatic carbocycles. The standard InChI is InChI=1S/C9H12OS/c1-8-5-6-9(11-8)4-2-3-7-10/h5-7H,2-4H2,1H3. The molecule has 1 rings (SSSR count). The Kier molecular flexibility index (Phi) is 3.30. The largest absolute Gasteiger partial charge is 0.303 e. The molecule has 1 nitrogen and oxygen atoms in total. The molecule has 0 N–H and O–H groups in total. The van der Waals surface area contributed by atoms with Gasteiger partial charge in [0.2, 0.25) is 0 Å². The number of aryl methyl sites for hydroxylation is 2. The van der Waals surface area contributed by atoms with Gasteiger partial charge in [-0.1, -0.05) is 0 Å². The van der Waals surface area contributed by atoms with Gasteiger partial charge in [-0.2, -0.15) is 0 Å². The van der Waals surface area contributed by atoms with Crippen LogP contribution in [0, 0.1) is 6.92 Å². The Hall–Kier alpha value is -0.630. The fourth-order valence-corrected chi connectivity index (χ4v) is 1.91. The van der Waals surface area contributed by atoms with E-state index in [4.69, 9.17) is 0 Å². The number of carbonyl (C=O) groups excluding carboxylic acids is 1. The van der Waals surface area contributed by atoms with E-state index in [1.54, 1.807) is 0 Å². The topological polar surface area (TPSA) is 17.1 Å². The van der Waals surface area contributed by atoms with Crippen LogP contribution >= 0.6 is 11.3 Å². The van der Waals surface area contributed by atoms with E-state index in [-0.39, 0.29) is 0 Å². The molecule has 0 unspecified atom stereocenters. The number of thiophene rings is 1. The smallest absolute Gasteiger partial charge is 0.120 e. The zero-order chi connectivity index (χ0) is 8.10. The van der Waals surface area contributed by atoms with Gasteiger partial charge in [-0.05, 0) is 31.9 Å². The van der Waals surface area contributed by atoms with Gasteiger partial charge in [0, 0.05) is 16.2 Å². The zero-order valence-electron chi connectivity index (χ0n) is 6.67. The molecule has 0 radical (unpaired) electrons. The summed E-state index contributed by atoms with van der Waals surface area (Å²) >= 11 is 1.82. The molecular formula is C9H12OS. The molecule has 0 atom stereocenters. The molecule has 0 fully saturated rings. The van der Waals surface area contributed by atoms with Gasteiger partial charge < -0.3 is 4.79 Å². The van der Waals surface area contributed by atoms with E-state index in [2.05, 4.69) is 19.1 Å². The highest BCUT2D eigenvalue weighted by Crippen LogP contribution is 2.16. The number of aldehydes is 1. The Labute approximate surface area is 71.1 Å². The van der Waals surface area contributed by atoms with Crippen molar-refractivity contribution in [2.45, 2.75) is 26.2 Å². The molecule has 60 valence electrons. The Morgan fingerprint density at radius 2 is 2.36 bits per heavy atom. The van der Waals surface area contributed by atoms with Crippen LogP contribution < -0.4 is 0 Å². The Morgan fingerprint density at radius 1 is 1.55 bits per heavy atom. The maximum atomic E-state index is 10.0. The third kappa shape index (κ3) is 2.85. The lowest BCUT2D eigenvalue weighted by atomic mass is 10.2. The van der Waals surface area contributed by atoms with Crippen LogP contribution in [0.4, 0.5) is 0 Å². The third-order valence-electron chi connectivity index (χ3n) is 1.54. The van der Waals surface area contributed by atoms with Crippen LogP contribution in [0.3, 0.4) is 0 Å². The first-order chi connectivity index (χ1) is 5.33. The normalized spacial score (nSPS) is 9.91. The first-order valence-electron chi connectivity index (χ1n) is 3.82. The number of hydrogen-bond acceptors (Lipinski definition) is 2. The van der Waals surface area contributed by atoms with Gasteiger partial charge in [0.1, 0.15) is 6.29 Å². The molecule has 1 aromatic rings. The molecule has 0 bridgehead atoms. The van der Waals surface area contributed by atoms with Gasteiger partial charge in [-0.25, -0.2) is 0 Å². The molecule has 0 aliphatic heterocycles. The Balaban J connectivity index is 2.32.